The number of carbonyl (C=O) groups excluding carboxylic acids is 1. The molecule has 3 nitrogen and oxygen atoms in total. The molecule has 0 spiro atoms. The summed E-state index contributed by atoms with van der Waals surface area (Å²) in [6.07, 6.45) is 2.33. The topological polar surface area (TPSA) is 43.4 Å². The Morgan fingerprint density at radius 2 is 1.65 bits per heavy atom. The van der Waals surface area contributed by atoms with E-state index >= 15 is 0 Å². The highest BCUT2D eigenvalue weighted by Gasteiger charge is 2.22. The Labute approximate surface area is 139 Å². The van der Waals surface area contributed by atoms with Crippen molar-refractivity contribution in [3.8, 4) is 11.1 Å². The molecule has 0 atom stereocenters. The largest absolute Gasteiger partial charge is 0.398 e. The zero-order chi connectivity index (χ0) is 16.8. The van der Waals surface area contributed by atoms with Crippen LogP contribution in [0.3, 0.4) is 0 Å². The highest BCUT2D eigenvalue weighted by atomic mass is 31.1. The minimum atomic E-state index is -0.612. The van der Waals surface area contributed by atoms with Crippen LogP contribution in [-0.4, -0.2) is 5.97 Å². The number of benzene rings is 2. The van der Waals surface area contributed by atoms with Crippen LogP contribution in [0.2, 0.25) is 0 Å². The van der Waals surface area contributed by atoms with Gasteiger partial charge in [-0.2, -0.15) is 0 Å². The monoisotopic (exact) mass is 328 g/mol. The Hall–Kier alpha value is -1.99. The van der Waals surface area contributed by atoms with Crippen molar-refractivity contribution < 1.29 is 13.9 Å². The van der Waals surface area contributed by atoms with E-state index < -0.39 is 14.7 Å². The average Bonchev–Trinajstić information content (AvgIpc) is 2.60. The predicted molar refractivity (Wildman–Crippen MR) is 93.0 cm³/mol. The molecule has 2 rings (SSSR count). The van der Waals surface area contributed by atoms with Crippen LogP contribution in [0, 0.1) is 0 Å². The Bertz CT molecular complexity index is 708. The van der Waals surface area contributed by atoms with Gasteiger partial charge in [0, 0.05) is 0 Å². The first-order chi connectivity index (χ1) is 11.2. The SMILES string of the molecule is CCc1cc(CC)c(-c2ccccc2)c(CC)c1C(=O)OP=O. The van der Waals surface area contributed by atoms with Gasteiger partial charge >= 0.3 is 14.7 Å². The molecule has 0 aromatic heterocycles. The molecule has 0 radical (unpaired) electrons. The van der Waals surface area contributed by atoms with Crippen LogP contribution in [0.5, 0.6) is 0 Å². The third-order valence-corrected chi connectivity index (χ3v) is 4.34. The molecule has 0 aliphatic rings. The Balaban J connectivity index is 2.81. The number of hydrogen-bond acceptors (Lipinski definition) is 3. The van der Waals surface area contributed by atoms with Crippen LogP contribution in [-0.2, 0) is 28.4 Å². The highest BCUT2D eigenvalue weighted by Crippen LogP contribution is 2.34. The lowest BCUT2D eigenvalue weighted by Crippen LogP contribution is -2.11. The van der Waals surface area contributed by atoms with Crippen LogP contribution < -0.4 is 0 Å². The van der Waals surface area contributed by atoms with E-state index in [9.17, 15) is 9.36 Å². The lowest BCUT2D eigenvalue weighted by atomic mass is 9.85. The molecule has 0 aliphatic heterocycles. The maximum Gasteiger partial charge on any atom is 0.398 e. The molecule has 0 saturated heterocycles. The van der Waals surface area contributed by atoms with Crippen molar-refractivity contribution in [1.29, 1.82) is 0 Å². The minimum absolute atomic E-state index is 0.518. The summed E-state index contributed by atoms with van der Waals surface area (Å²) < 4.78 is 15.5. The van der Waals surface area contributed by atoms with Crippen molar-refractivity contribution in [1.82, 2.24) is 0 Å². The van der Waals surface area contributed by atoms with Crippen molar-refractivity contribution in [3.63, 3.8) is 0 Å². The molecule has 0 aliphatic carbocycles. The molecule has 23 heavy (non-hydrogen) atoms. The summed E-state index contributed by atoms with van der Waals surface area (Å²) in [6, 6.07) is 12.2. The summed E-state index contributed by atoms with van der Waals surface area (Å²) in [5, 5.41) is 0. The second-order valence-corrected chi connectivity index (χ2v) is 5.63. The molecule has 4 heteroatoms. The van der Waals surface area contributed by atoms with Gasteiger partial charge in [-0.1, -0.05) is 57.2 Å². The maximum atomic E-state index is 12.4. The van der Waals surface area contributed by atoms with Crippen molar-refractivity contribution in [2.75, 3.05) is 0 Å². The minimum Gasteiger partial charge on any atom is -0.369 e. The first kappa shape index (κ1) is 17.4. The Morgan fingerprint density at radius 3 is 2.17 bits per heavy atom. The van der Waals surface area contributed by atoms with Gasteiger partial charge in [0.15, 0.2) is 0 Å². The van der Waals surface area contributed by atoms with Crippen LogP contribution in [0.15, 0.2) is 36.4 Å². The first-order valence-corrected chi connectivity index (χ1v) is 8.67. The third kappa shape index (κ3) is 3.51. The van der Waals surface area contributed by atoms with Crippen molar-refractivity contribution in [3.05, 3.63) is 58.7 Å². The summed E-state index contributed by atoms with van der Waals surface area (Å²) in [4.78, 5) is 12.4. The molecule has 0 heterocycles. The molecule has 0 amide bonds. The highest BCUT2D eigenvalue weighted by molar-refractivity contribution is 7.18. The van der Waals surface area contributed by atoms with E-state index in [0.29, 0.717) is 12.0 Å². The zero-order valence-electron chi connectivity index (χ0n) is 13.8. The standard InChI is InChI=1S/C19H21O3P/c1-4-13-12-14(5-2)18(19(20)22-23-21)16(6-3)17(13)15-10-8-7-9-11-15/h7-12H,4-6H2,1-3H3. The zero-order valence-corrected chi connectivity index (χ0v) is 14.7. The summed E-state index contributed by atoms with van der Waals surface area (Å²) in [5.74, 6) is -0.518. The number of rotatable bonds is 6. The maximum absolute atomic E-state index is 12.4. The Kier molecular flexibility index (Phi) is 6.06. The molecular weight excluding hydrogens is 307 g/mol. The van der Waals surface area contributed by atoms with Crippen LogP contribution >= 0.6 is 8.69 Å². The van der Waals surface area contributed by atoms with Crippen molar-refractivity contribution in [2.45, 2.75) is 40.0 Å². The van der Waals surface area contributed by atoms with E-state index in [1.807, 2.05) is 32.0 Å². The Morgan fingerprint density at radius 1 is 1.00 bits per heavy atom. The number of hydrogen-bond donors (Lipinski definition) is 0. The van der Waals surface area contributed by atoms with E-state index in [1.165, 1.54) is 5.56 Å². The fourth-order valence-corrected chi connectivity index (χ4v) is 3.24. The predicted octanol–water partition coefficient (Wildman–Crippen LogP) is 5.40. The molecular formula is C19H21O3P. The van der Waals surface area contributed by atoms with E-state index in [4.69, 9.17) is 4.52 Å². The second kappa shape index (κ2) is 8.03. The summed E-state index contributed by atoms with van der Waals surface area (Å²) in [7, 11) is -0.612. The van der Waals surface area contributed by atoms with Crippen molar-refractivity contribution in [2.24, 2.45) is 0 Å². The van der Waals surface area contributed by atoms with Crippen molar-refractivity contribution >= 4 is 14.7 Å². The molecule has 120 valence electrons. The molecule has 0 saturated carbocycles. The van der Waals surface area contributed by atoms with Crippen LogP contribution in [0.1, 0.15) is 47.8 Å². The third-order valence-electron chi connectivity index (χ3n) is 4.10. The van der Waals surface area contributed by atoms with E-state index in [2.05, 4.69) is 25.1 Å². The lowest BCUT2D eigenvalue weighted by molar-refractivity contribution is 0.0754. The van der Waals surface area contributed by atoms with Crippen LogP contribution in [0.25, 0.3) is 11.1 Å². The quantitative estimate of drug-likeness (QED) is 0.666. The fraction of sp³-hybridized carbons (Fsp3) is 0.316. The van der Waals surface area contributed by atoms with Gasteiger partial charge in [-0.25, -0.2) is 9.36 Å². The van der Waals surface area contributed by atoms with E-state index in [0.717, 1.165) is 35.1 Å². The van der Waals surface area contributed by atoms with Gasteiger partial charge < -0.3 is 4.52 Å². The molecule has 2 aromatic carbocycles. The van der Waals surface area contributed by atoms with Gasteiger partial charge in [-0.3, -0.25) is 0 Å². The number of aryl methyl sites for hydroxylation is 2. The lowest BCUT2D eigenvalue weighted by Gasteiger charge is -2.20. The molecule has 0 unspecified atom stereocenters. The first-order valence-electron chi connectivity index (χ1n) is 7.94. The van der Waals surface area contributed by atoms with Crippen LogP contribution in [0.4, 0.5) is 0 Å². The molecule has 0 fully saturated rings. The number of carbonyl (C=O) groups is 1. The van der Waals surface area contributed by atoms with Gasteiger partial charge in [0.1, 0.15) is 0 Å². The van der Waals surface area contributed by atoms with Gasteiger partial charge in [0.25, 0.3) is 0 Å². The van der Waals surface area contributed by atoms with Gasteiger partial charge in [-0.05, 0) is 47.1 Å². The van der Waals surface area contributed by atoms with E-state index in [-0.39, 0.29) is 0 Å². The van der Waals surface area contributed by atoms with E-state index in [1.54, 1.807) is 0 Å². The summed E-state index contributed by atoms with van der Waals surface area (Å²) in [6.45, 7) is 6.17. The van der Waals surface area contributed by atoms with Gasteiger partial charge in [0.05, 0.1) is 5.56 Å². The smallest absolute Gasteiger partial charge is 0.369 e. The summed E-state index contributed by atoms with van der Waals surface area (Å²) >= 11 is 0. The molecule has 0 N–H and O–H groups in total. The normalized spacial score (nSPS) is 10.7. The molecule has 0 bridgehead atoms. The average molecular weight is 328 g/mol. The van der Waals surface area contributed by atoms with Gasteiger partial charge in [-0.15, -0.1) is 0 Å². The molecule has 2 aromatic rings. The van der Waals surface area contributed by atoms with Gasteiger partial charge in [0.2, 0.25) is 0 Å². The summed E-state index contributed by atoms with van der Waals surface area (Å²) in [5.41, 5.74) is 5.91. The fourth-order valence-electron chi connectivity index (χ4n) is 3.08. The second-order valence-electron chi connectivity index (χ2n) is 5.30.